The maximum absolute atomic E-state index is 11.6. The minimum Gasteiger partial charge on any atom is -0.481 e. The minimum absolute atomic E-state index is 0.190. The lowest BCUT2D eigenvalue weighted by molar-refractivity contribution is -0.140. The van der Waals surface area contributed by atoms with Crippen LogP contribution >= 0.6 is 0 Å². The van der Waals surface area contributed by atoms with Crippen LogP contribution in [-0.4, -0.2) is 36.2 Å². The topological polar surface area (TPSA) is 75.6 Å². The Morgan fingerprint density at radius 3 is 2.47 bits per heavy atom. The predicted octanol–water partition coefficient (Wildman–Crippen LogP) is 0.248. The number of aliphatic carboxylic acids is 1. The number of carbonyl (C=O) groups is 2. The fourth-order valence-corrected chi connectivity index (χ4v) is 1.58. The Morgan fingerprint density at radius 1 is 1.47 bits per heavy atom. The summed E-state index contributed by atoms with van der Waals surface area (Å²) in [6.45, 7) is 4.09. The number of carbonyl (C=O) groups excluding carboxylic acids is 1. The van der Waals surface area contributed by atoms with Crippen LogP contribution in [-0.2, 0) is 14.3 Å². The zero-order valence-corrected chi connectivity index (χ0v) is 9.24. The van der Waals surface area contributed by atoms with Gasteiger partial charge in [0.25, 0.3) is 0 Å². The summed E-state index contributed by atoms with van der Waals surface area (Å²) in [7, 11) is 1.56. The van der Waals surface area contributed by atoms with Crippen molar-refractivity contribution in [1.29, 1.82) is 0 Å². The molecule has 0 spiro atoms. The van der Waals surface area contributed by atoms with Gasteiger partial charge in [0.05, 0.1) is 24.0 Å². The van der Waals surface area contributed by atoms with E-state index in [1.165, 1.54) is 0 Å². The molecule has 86 valence electrons. The second-order valence-electron chi connectivity index (χ2n) is 4.59. The van der Waals surface area contributed by atoms with Gasteiger partial charge < -0.3 is 15.2 Å². The third-order valence-corrected chi connectivity index (χ3v) is 2.41. The monoisotopic (exact) mass is 215 g/mol. The minimum atomic E-state index is -0.889. The average Bonchev–Trinajstić information content (AvgIpc) is 2.80. The highest BCUT2D eigenvalue weighted by Gasteiger charge is 2.49. The maximum atomic E-state index is 11.6. The number of carboxylic acid groups (broad SMARTS) is 1. The fraction of sp³-hybridized carbons (Fsp3) is 0.800. The second kappa shape index (κ2) is 4.18. The van der Waals surface area contributed by atoms with E-state index in [0.29, 0.717) is 13.0 Å². The Morgan fingerprint density at radius 2 is 2.07 bits per heavy atom. The van der Waals surface area contributed by atoms with Gasteiger partial charge in [-0.15, -0.1) is 0 Å². The zero-order valence-electron chi connectivity index (χ0n) is 9.24. The predicted molar refractivity (Wildman–Crippen MR) is 53.3 cm³/mol. The van der Waals surface area contributed by atoms with Crippen molar-refractivity contribution < 1.29 is 19.4 Å². The lowest BCUT2D eigenvalue weighted by atomic mass is 10.1. The van der Waals surface area contributed by atoms with E-state index in [-0.39, 0.29) is 11.8 Å². The van der Waals surface area contributed by atoms with Crippen LogP contribution in [0.3, 0.4) is 0 Å². The molecule has 2 N–H and O–H groups in total. The van der Waals surface area contributed by atoms with Gasteiger partial charge in [-0.2, -0.15) is 0 Å². The molecule has 1 amide bonds. The lowest BCUT2D eigenvalue weighted by Gasteiger charge is -2.25. The van der Waals surface area contributed by atoms with E-state index in [9.17, 15) is 9.59 Å². The van der Waals surface area contributed by atoms with Crippen molar-refractivity contribution in [3.63, 3.8) is 0 Å². The highest BCUT2D eigenvalue weighted by atomic mass is 16.5. The Labute approximate surface area is 88.8 Å². The van der Waals surface area contributed by atoms with Gasteiger partial charge in [-0.3, -0.25) is 9.59 Å². The van der Waals surface area contributed by atoms with Gasteiger partial charge in [0.15, 0.2) is 0 Å². The summed E-state index contributed by atoms with van der Waals surface area (Å²) in [5.74, 6) is -1.94. The van der Waals surface area contributed by atoms with E-state index in [1.807, 2.05) is 13.8 Å². The number of nitrogens with one attached hydrogen (secondary N) is 1. The van der Waals surface area contributed by atoms with Gasteiger partial charge in [0.2, 0.25) is 5.91 Å². The second-order valence-corrected chi connectivity index (χ2v) is 4.59. The molecule has 0 aromatic carbocycles. The number of ether oxygens (including phenoxy) is 1. The number of carboxylic acids is 1. The first-order chi connectivity index (χ1) is 6.87. The molecule has 1 fully saturated rings. The first kappa shape index (κ1) is 12.0. The molecule has 15 heavy (non-hydrogen) atoms. The largest absolute Gasteiger partial charge is 0.481 e. The van der Waals surface area contributed by atoms with Crippen LogP contribution in [0.15, 0.2) is 0 Å². The number of methoxy groups -OCH3 is 1. The van der Waals surface area contributed by atoms with Crippen LogP contribution < -0.4 is 5.32 Å². The average molecular weight is 215 g/mol. The molecule has 0 radical (unpaired) electrons. The molecule has 0 heterocycles. The van der Waals surface area contributed by atoms with Gasteiger partial charge in [-0.1, -0.05) is 0 Å². The summed E-state index contributed by atoms with van der Waals surface area (Å²) in [6, 6.07) is 0. The van der Waals surface area contributed by atoms with E-state index in [2.05, 4.69) is 5.32 Å². The van der Waals surface area contributed by atoms with Crippen LogP contribution in [0.4, 0.5) is 0 Å². The van der Waals surface area contributed by atoms with Crippen LogP contribution in [0, 0.1) is 11.8 Å². The Kier molecular flexibility index (Phi) is 3.34. The van der Waals surface area contributed by atoms with Crippen LogP contribution in [0.2, 0.25) is 0 Å². The summed E-state index contributed by atoms with van der Waals surface area (Å²) in [5.41, 5.74) is -0.447. The molecule has 2 atom stereocenters. The molecule has 1 aliphatic carbocycles. The van der Waals surface area contributed by atoms with Crippen molar-refractivity contribution in [2.24, 2.45) is 11.8 Å². The number of hydrogen-bond donors (Lipinski definition) is 2. The number of hydrogen-bond acceptors (Lipinski definition) is 3. The first-order valence-corrected chi connectivity index (χ1v) is 4.91. The van der Waals surface area contributed by atoms with E-state index in [4.69, 9.17) is 9.84 Å². The molecule has 5 nitrogen and oxygen atoms in total. The van der Waals surface area contributed by atoms with Crippen molar-refractivity contribution in [2.45, 2.75) is 25.8 Å². The number of amides is 1. The maximum Gasteiger partial charge on any atom is 0.307 e. The molecular weight excluding hydrogens is 198 g/mol. The van der Waals surface area contributed by atoms with Gasteiger partial charge in [0, 0.05) is 7.11 Å². The smallest absolute Gasteiger partial charge is 0.307 e. The van der Waals surface area contributed by atoms with E-state index >= 15 is 0 Å². The molecular formula is C10H17NO4. The quantitative estimate of drug-likeness (QED) is 0.689. The lowest BCUT2D eigenvalue weighted by Crippen LogP contribution is -2.47. The Balaban J connectivity index is 2.41. The van der Waals surface area contributed by atoms with E-state index in [1.54, 1.807) is 7.11 Å². The Bertz CT molecular complexity index is 275. The normalized spacial score (nSPS) is 24.7. The van der Waals surface area contributed by atoms with Gasteiger partial charge in [0.1, 0.15) is 0 Å². The molecule has 0 aromatic heterocycles. The van der Waals surface area contributed by atoms with Crippen molar-refractivity contribution >= 4 is 11.9 Å². The highest BCUT2D eigenvalue weighted by Crippen LogP contribution is 2.39. The standard InChI is InChI=1S/C10H17NO4/c1-10(2,5-15-3)11-8(12)6-4-7(6)9(13)14/h6-7H,4-5H2,1-3H3,(H,11,12)(H,13,14). The molecule has 0 aromatic rings. The highest BCUT2D eigenvalue weighted by molar-refractivity contribution is 5.89. The van der Waals surface area contributed by atoms with Gasteiger partial charge >= 0.3 is 5.97 Å². The van der Waals surface area contributed by atoms with Crippen molar-refractivity contribution in [3.05, 3.63) is 0 Å². The molecule has 5 heteroatoms. The molecule has 2 unspecified atom stereocenters. The van der Waals surface area contributed by atoms with Crippen molar-refractivity contribution in [3.8, 4) is 0 Å². The fourth-order valence-electron chi connectivity index (χ4n) is 1.58. The number of rotatable bonds is 5. The Hall–Kier alpha value is -1.10. The van der Waals surface area contributed by atoms with E-state index in [0.717, 1.165) is 0 Å². The molecule has 1 rings (SSSR count). The molecule has 0 aliphatic heterocycles. The first-order valence-electron chi connectivity index (χ1n) is 4.91. The van der Waals surface area contributed by atoms with Crippen molar-refractivity contribution in [1.82, 2.24) is 5.32 Å². The molecule has 0 bridgehead atoms. The van der Waals surface area contributed by atoms with Gasteiger partial charge in [-0.25, -0.2) is 0 Å². The summed E-state index contributed by atoms with van der Waals surface area (Å²) in [5, 5.41) is 11.4. The third kappa shape index (κ3) is 3.20. The summed E-state index contributed by atoms with van der Waals surface area (Å²) in [6.07, 6.45) is 0.449. The van der Waals surface area contributed by atoms with Crippen LogP contribution in [0.25, 0.3) is 0 Å². The van der Waals surface area contributed by atoms with E-state index < -0.39 is 17.4 Å². The van der Waals surface area contributed by atoms with Crippen LogP contribution in [0.1, 0.15) is 20.3 Å². The molecule has 1 saturated carbocycles. The van der Waals surface area contributed by atoms with Gasteiger partial charge in [-0.05, 0) is 20.3 Å². The summed E-state index contributed by atoms with van der Waals surface area (Å²) >= 11 is 0. The zero-order chi connectivity index (χ0) is 11.6. The molecule has 1 aliphatic rings. The van der Waals surface area contributed by atoms with Crippen molar-refractivity contribution in [2.75, 3.05) is 13.7 Å². The van der Waals surface area contributed by atoms with Crippen LogP contribution in [0.5, 0.6) is 0 Å². The molecule has 0 saturated heterocycles. The summed E-state index contributed by atoms with van der Waals surface area (Å²) < 4.78 is 4.95. The SMILES string of the molecule is COCC(C)(C)NC(=O)C1CC1C(=O)O. The summed E-state index contributed by atoms with van der Waals surface area (Å²) in [4.78, 5) is 22.1. The third-order valence-electron chi connectivity index (χ3n) is 2.41.